The lowest BCUT2D eigenvalue weighted by atomic mass is 10.1. The molecular formula is C17H14FN3O2. The van der Waals surface area contributed by atoms with Gasteiger partial charge >= 0.3 is 6.01 Å². The summed E-state index contributed by atoms with van der Waals surface area (Å²) in [6, 6.07) is 13.4. The Hall–Kier alpha value is -3.02. The van der Waals surface area contributed by atoms with Crippen molar-refractivity contribution in [2.45, 2.75) is 13.3 Å². The van der Waals surface area contributed by atoms with E-state index >= 15 is 0 Å². The number of nitrogens with one attached hydrogen (secondary N) is 1. The average Bonchev–Trinajstić information content (AvgIpc) is 2.98. The molecule has 0 radical (unpaired) electrons. The Morgan fingerprint density at radius 3 is 2.48 bits per heavy atom. The van der Waals surface area contributed by atoms with Crippen molar-refractivity contribution in [3.05, 3.63) is 65.5 Å². The standard InChI is InChI=1S/C17H14FN3O2/c1-11-2-4-12(5-3-11)10-15(22)19-17-21-20-16(23-17)13-6-8-14(18)9-7-13/h2-9H,10H2,1H3,(H,19,21,22). The zero-order valence-electron chi connectivity index (χ0n) is 12.4. The Labute approximate surface area is 132 Å². The molecule has 1 amide bonds. The van der Waals surface area contributed by atoms with Gasteiger partial charge in [0.25, 0.3) is 0 Å². The van der Waals surface area contributed by atoms with Crippen molar-refractivity contribution >= 4 is 11.9 Å². The summed E-state index contributed by atoms with van der Waals surface area (Å²) >= 11 is 0. The molecule has 6 heteroatoms. The van der Waals surface area contributed by atoms with E-state index in [1.165, 1.54) is 24.3 Å². The Kier molecular flexibility index (Phi) is 4.14. The lowest BCUT2D eigenvalue weighted by Gasteiger charge is -2.01. The number of aryl methyl sites for hydroxylation is 1. The van der Waals surface area contributed by atoms with Gasteiger partial charge in [0.1, 0.15) is 5.82 Å². The molecule has 0 aliphatic rings. The molecule has 5 nitrogen and oxygen atoms in total. The van der Waals surface area contributed by atoms with Crippen molar-refractivity contribution in [3.63, 3.8) is 0 Å². The van der Waals surface area contributed by atoms with Gasteiger partial charge in [0, 0.05) is 5.56 Å². The van der Waals surface area contributed by atoms with Crippen molar-refractivity contribution < 1.29 is 13.6 Å². The number of anilines is 1. The first-order chi connectivity index (χ1) is 11.1. The third kappa shape index (κ3) is 3.79. The Morgan fingerprint density at radius 2 is 1.78 bits per heavy atom. The van der Waals surface area contributed by atoms with Crippen LogP contribution in [0, 0.1) is 12.7 Å². The highest BCUT2D eigenvalue weighted by Crippen LogP contribution is 2.20. The maximum absolute atomic E-state index is 12.9. The molecule has 23 heavy (non-hydrogen) atoms. The number of rotatable bonds is 4. The van der Waals surface area contributed by atoms with Crippen LogP contribution in [-0.2, 0) is 11.2 Å². The average molecular weight is 311 g/mol. The first kappa shape index (κ1) is 14.9. The number of benzene rings is 2. The second-order valence-electron chi connectivity index (χ2n) is 5.13. The van der Waals surface area contributed by atoms with E-state index in [-0.39, 0.29) is 30.1 Å². The van der Waals surface area contributed by atoms with Crippen LogP contribution in [0.3, 0.4) is 0 Å². The molecular weight excluding hydrogens is 297 g/mol. The SMILES string of the molecule is Cc1ccc(CC(=O)Nc2nnc(-c3ccc(F)cc3)o2)cc1. The van der Waals surface area contributed by atoms with Crippen molar-refractivity contribution in [1.82, 2.24) is 10.2 Å². The first-order valence-corrected chi connectivity index (χ1v) is 7.05. The van der Waals surface area contributed by atoms with Crippen LogP contribution < -0.4 is 5.32 Å². The normalized spacial score (nSPS) is 10.5. The van der Waals surface area contributed by atoms with Crippen molar-refractivity contribution in [2.24, 2.45) is 0 Å². The maximum atomic E-state index is 12.9. The van der Waals surface area contributed by atoms with Gasteiger partial charge in [0.2, 0.25) is 11.8 Å². The monoisotopic (exact) mass is 311 g/mol. The van der Waals surface area contributed by atoms with Gasteiger partial charge in [-0.1, -0.05) is 34.9 Å². The summed E-state index contributed by atoms with van der Waals surface area (Å²) in [4.78, 5) is 12.0. The lowest BCUT2D eigenvalue weighted by Crippen LogP contribution is -2.14. The molecule has 0 aliphatic carbocycles. The molecule has 1 aromatic heterocycles. The number of nitrogens with zero attached hydrogens (tertiary/aromatic N) is 2. The van der Waals surface area contributed by atoms with Gasteiger partial charge in [-0.05, 0) is 36.8 Å². The van der Waals surface area contributed by atoms with Crippen LogP contribution >= 0.6 is 0 Å². The molecule has 1 N–H and O–H groups in total. The minimum absolute atomic E-state index is 0.0152. The number of carbonyl (C=O) groups excluding carboxylic acids is 1. The third-order valence-corrected chi connectivity index (χ3v) is 3.25. The van der Waals surface area contributed by atoms with Crippen LogP contribution in [0.2, 0.25) is 0 Å². The predicted octanol–water partition coefficient (Wildman–Crippen LogP) is 3.37. The van der Waals surface area contributed by atoms with Crippen LogP contribution in [0.4, 0.5) is 10.4 Å². The van der Waals surface area contributed by atoms with E-state index in [0.717, 1.165) is 11.1 Å². The molecule has 0 saturated carbocycles. The number of aromatic nitrogens is 2. The summed E-state index contributed by atoms with van der Waals surface area (Å²) in [5.74, 6) is -0.376. The lowest BCUT2D eigenvalue weighted by molar-refractivity contribution is -0.115. The summed E-state index contributed by atoms with van der Waals surface area (Å²) in [6.45, 7) is 1.99. The highest BCUT2D eigenvalue weighted by Gasteiger charge is 2.11. The second-order valence-corrected chi connectivity index (χ2v) is 5.13. The molecule has 0 bridgehead atoms. The molecule has 1 heterocycles. The molecule has 0 atom stereocenters. The Balaban J connectivity index is 1.65. The molecule has 3 rings (SSSR count). The number of amides is 1. The van der Waals surface area contributed by atoms with E-state index in [4.69, 9.17) is 4.42 Å². The van der Waals surface area contributed by atoms with Gasteiger partial charge < -0.3 is 4.42 Å². The number of hydrogen-bond acceptors (Lipinski definition) is 4. The second kappa shape index (κ2) is 6.39. The van der Waals surface area contributed by atoms with Crippen LogP contribution in [0.1, 0.15) is 11.1 Å². The Bertz CT molecular complexity index is 811. The van der Waals surface area contributed by atoms with Gasteiger partial charge in [-0.15, -0.1) is 5.10 Å². The molecule has 3 aromatic rings. The fourth-order valence-corrected chi connectivity index (χ4v) is 2.04. The minimum atomic E-state index is -0.347. The third-order valence-electron chi connectivity index (χ3n) is 3.25. The Morgan fingerprint density at radius 1 is 1.09 bits per heavy atom. The van der Waals surface area contributed by atoms with Gasteiger partial charge in [-0.25, -0.2) is 4.39 Å². The van der Waals surface area contributed by atoms with Crippen LogP contribution in [0.5, 0.6) is 0 Å². The summed E-state index contributed by atoms with van der Waals surface area (Å²) in [5.41, 5.74) is 2.61. The summed E-state index contributed by atoms with van der Waals surface area (Å²) < 4.78 is 18.2. The topological polar surface area (TPSA) is 68.0 Å². The molecule has 0 unspecified atom stereocenters. The molecule has 116 valence electrons. The smallest absolute Gasteiger partial charge is 0.322 e. The molecule has 0 fully saturated rings. The van der Waals surface area contributed by atoms with Crippen LogP contribution in [0.15, 0.2) is 52.9 Å². The zero-order chi connectivity index (χ0) is 16.2. The van der Waals surface area contributed by atoms with Crippen LogP contribution in [-0.4, -0.2) is 16.1 Å². The fourth-order valence-electron chi connectivity index (χ4n) is 2.04. The van der Waals surface area contributed by atoms with Gasteiger partial charge in [-0.3, -0.25) is 10.1 Å². The molecule has 0 saturated heterocycles. The van der Waals surface area contributed by atoms with E-state index < -0.39 is 0 Å². The number of halogens is 1. The molecule has 2 aromatic carbocycles. The summed E-state index contributed by atoms with van der Waals surface area (Å²) in [6.07, 6.45) is 0.217. The highest BCUT2D eigenvalue weighted by molar-refractivity contribution is 5.90. The summed E-state index contributed by atoms with van der Waals surface area (Å²) in [7, 11) is 0. The fraction of sp³-hybridized carbons (Fsp3) is 0.118. The van der Waals surface area contributed by atoms with Crippen LogP contribution in [0.25, 0.3) is 11.5 Å². The van der Waals surface area contributed by atoms with Gasteiger partial charge in [-0.2, -0.15) is 0 Å². The van der Waals surface area contributed by atoms with Crippen molar-refractivity contribution in [2.75, 3.05) is 5.32 Å². The first-order valence-electron chi connectivity index (χ1n) is 7.05. The van der Waals surface area contributed by atoms with E-state index in [0.29, 0.717) is 5.56 Å². The maximum Gasteiger partial charge on any atom is 0.322 e. The van der Waals surface area contributed by atoms with E-state index in [2.05, 4.69) is 15.5 Å². The van der Waals surface area contributed by atoms with Crippen molar-refractivity contribution in [1.29, 1.82) is 0 Å². The summed E-state index contributed by atoms with van der Waals surface area (Å²) in [5, 5.41) is 10.2. The minimum Gasteiger partial charge on any atom is -0.403 e. The van der Waals surface area contributed by atoms with Gasteiger partial charge in [0.15, 0.2) is 0 Å². The number of hydrogen-bond donors (Lipinski definition) is 1. The molecule has 0 spiro atoms. The molecule has 0 aliphatic heterocycles. The number of carbonyl (C=O) groups is 1. The highest BCUT2D eigenvalue weighted by atomic mass is 19.1. The van der Waals surface area contributed by atoms with Gasteiger partial charge in [0.05, 0.1) is 6.42 Å². The zero-order valence-corrected chi connectivity index (χ0v) is 12.4. The quantitative estimate of drug-likeness (QED) is 0.802. The van der Waals surface area contributed by atoms with E-state index in [1.54, 1.807) is 0 Å². The predicted molar refractivity (Wildman–Crippen MR) is 83.2 cm³/mol. The van der Waals surface area contributed by atoms with Crippen molar-refractivity contribution in [3.8, 4) is 11.5 Å². The van der Waals surface area contributed by atoms with E-state index in [9.17, 15) is 9.18 Å². The van der Waals surface area contributed by atoms with E-state index in [1.807, 2.05) is 31.2 Å². The largest absolute Gasteiger partial charge is 0.403 e.